The van der Waals surface area contributed by atoms with E-state index >= 15 is 0 Å². The molecular weight excluding hydrogens is 380 g/mol. The number of hydrogen-bond acceptors (Lipinski definition) is 2. The normalized spacial score (nSPS) is 12.4. The van der Waals surface area contributed by atoms with Gasteiger partial charge in [-0.25, -0.2) is 9.97 Å². The molecule has 1 aromatic carbocycles. The number of benzene rings is 1. The Morgan fingerprint density at radius 1 is 0.581 bits per heavy atom. The Morgan fingerprint density at radius 3 is 2.00 bits per heavy atom. The highest BCUT2D eigenvalue weighted by Crippen LogP contribution is 2.28. The number of aromatic nitrogens is 4. The zero-order valence-electron chi connectivity index (χ0n) is 17.1. The minimum absolute atomic E-state index is 0.903. The van der Waals surface area contributed by atoms with Crippen LogP contribution < -0.4 is 0 Å². The van der Waals surface area contributed by atoms with E-state index in [1.807, 2.05) is 30.4 Å². The maximum absolute atomic E-state index is 4.77. The van der Waals surface area contributed by atoms with Gasteiger partial charge in [0.15, 0.2) is 0 Å². The molecule has 0 amide bonds. The number of fused-ring (bicyclic) bond motifs is 8. The minimum atomic E-state index is 0.903. The minimum Gasteiger partial charge on any atom is -0.355 e. The van der Waals surface area contributed by atoms with Crippen molar-refractivity contribution in [2.24, 2.45) is 0 Å². The van der Waals surface area contributed by atoms with Gasteiger partial charge in [0.25, 0.3) is 0 Å². The molecule has 0 fully saturated rings. The van der Waals surface area contributed by atoms with Gasteiger partial charge in [0.1, 0.15) is 0 Å². The van der Waals surface area contributed by atoms with Crippen molar-refractivity contribution in [3.63, 3.8) is 0 Å². The maximum atomic E-state index is 4.77. The van der Waals surface area contributed by atoms with Crippen molar-refractivity contribution >= 4 is 46.4 Å². The van der Waals surface area contributed by atoms with E-state index in [2.05, 4.69) is 82.5 Å². The lowest BCUT2D eigenvalue weighted by molar-refractivity contribution is 1.28. The fraction of sp³-hybridized carbons (Fsp3) is 0.0370. The average Bonchev–Trinajstić information content (AvgIpc) is 3.53. The van der Waals surface area contributed by atoms with E-state index in [4.69, 9.17) is 4.98 Å². The van der Waals surface area contributed by atoms with Crippen LogP contribution in [0.3, 0.4) is 0 Å². The van der Waals surface area contributed by atoms with Crippen LogP contribution in [0.4, 0.5) is 0 Å². The van der Waals surface area contributed by atoms with E-state index in [1.165, 1.54) is 11.1 Å². The molecule has 5 heterocycles. The summed E-state index contributed by atoms with van der Waals surface area (Å²) in [5.41, 5.74) is 11.4. The third-order valence-corrected chi connectivity index (χ3v) is 5.50. The SMILES string of the molecule is Cc1cccc(-c2cc3cc4ccc(cc5nc(cc6nc(cc2[nH]3)C=C6)C=C5)[nH]4)c1. The zero-order chi connectivity index (χ0) is 20.8. The highest BCUT2D eigenvalue weighted by molar-refractivity contribution is 5.88. The number of H-pyrrole nitrogens is 2. The molecule has 2 aliphatic heterocycles. The van der Waals surface area contributed by atoms with Gasteiger partial charge in [-0.2, -0.15) is 0 Å². The lowest BCUT2D eigenvalue weighted by atomic mass is 10.0. The lowest BCUT2D eigenvalue weighted by Gasteiger charge is -2.00. The summed E-state index contributed by atoms with van der Waals surface area (Å²) in [4.78, 5) is 16.5. The van der Waals surface area contributed by atoms with Crippen LogP contribution in [0.2, 0.25) is 0 Å². The predicted octanol–water partition coefficient (Wildman–Crippen LogP) is 6.63. The van der Waals surface area contributed by atoms with Gasteiger partial charge in [-0.15, -0.1) is 0 Å². The van der Waals surface area contributed by atoms with Crippen molar-refractivity contribution in [1.29, 1.82) is 0 Å². The first kappa shape index (κ1) is 17.7. The van der Waals surface area contributed by atoms with E-state index in [-0.39, 0.29) is 0 Å². The van der Waals surface area contributed by atoms with E-state index in [0.29, 0.717) is 0 Å². The Kier molecular flexibility index (Phi) is 3.96. The molecule has 2 aliphatic rings. The van der Waals surface area contributed by atoms with Gasteiger partial charge in [0.2, 0.25) is 0 Å². The summed E-state index contributed by atoms with van der Waals surface area (Å²) in [5, 5.41) is 0. The van der Waals surface area contributed by atoms with E-state index in [0.717, 1.165) is 50.4 Å². The molecule has 4 aromatic rings. The van der Waals surface area contributed by atoms with Crippen molar-refractivity contribution in [2.75, 3.05) is 0 Å². The van der Waals surface area contributed by atoms with Crippen LogP contribution in [-0.2, 0) is 0 Å². The number of nitrogens with zero attached hydrogens (tertiary/aromatic N) is 2. The van der Waals surface area contributed by atoms with Gasteiger partial charge >= 0.3 is 0 Å². The van der Waals surface area contributed by atoms with Crippen LogP contribution in [-0.4, -0.2) is 19.9 Å². The number of hydrogen-bond donors (Lipinski definition) is 2. The van der Waals surface area contributed by atoms with Crippen LogP contribution in [0.5, 0.6) is 0 Å². The number of aromatic amines is 2. The zero-order valence-corrected chi connectivity index (χ0v) is 17.1. The highest BCUT2D eigenvalue weighted by atomic mass is 14.8. The van der Waals surface area contributed by atoms with Gasteiger partial charge in [-0.3, -0.25) is 0 Å². The van der Waals surface area contributed by atoms with Crippen molar-refractivity contribution in [2.45, 2.75) is 6.92 Å². The molecule has 0 atom stereocenters. The first-order valence-corrected chi connectivity index (χ1v) is 10.3. The van der Waals surface area contributed by atoms with Crippen LogP contribution in [0, 0.1) is 6.92 Å². The summed E-state index contributed by atoms with van der Waals surface area (Å²) >= 11 is 0. The maximum Gasteiger partial charge on any atom is 0.0659 e. The molecule has 31 heavy (non-hydrogen) atoms. The highest BCUT2D eigenvalue weighted by Gasteiger charge is 2.07. The molecule has 0 aliphatic carbocycles. The van der Waals surface area contributed by atoms with Crippen LogP contribution in [0.15, 0.2) is 66.7 Å². The van der Waals surface area contributed by atoms with Crippen molar-refractivity contribution in [1.82, 2.24) is 19.9 Å². The fourth-order valence-corrected chi connectivity index (χ4v) is 4.07. The quantitative estimate of drug-likeness (QED) is 0.325. The molecule has 148 valence electrons. The van der Waals surface area contributed by atoms with Gasteiger partial charge in [-0.05, 0) is 79.3 Å². The number of rotatable bonds is 1. The standard InChI is InChI=1S/C27H20N4/c1-17-3-2-4-18(11-17)26-15-25-14-23-8-7-21(29-23)12-19-5-6-20(28-19)13-22-9-10-24(30-22)16-27(26)31-25/h2-16,29,31H,1H3. The molecule has 6 rings (SSSR count). The van der Waals surface area contributed by atoms with E-state index in [9.17, 15) is 0 Å². The Labute approximate surface area is 179 Å². The fourth-order valence-electron chi connectivity index (χ4n) is 4.07. The van der Waals surface area contributed by atoms with Crippen LogP contribution in [0.1, 0.15) is 28.3 Å². The third kappa shape index (κ3) is 3.49. The molecule has 2 N–H and O–H groups in total. The second-order valence-corrected chi connectivity index (χ2v) is 7.96. The predicted molar refractivity (Wildman–Crippen MR) is 129 cm³/mol. The monoisotopic (exact) mass is 400 g/mol. The molecule has 0 spiro atoms. The second-order valence-electron chi connectivity index (χ2n) is 7.96. The second kappa shape index (κ2) is 6.96. The van der Waals surface area contributed by atoms with Crippen LogP contribution in [0.25, 0.3) is 57.5 Å². The molecule has 4 heteroatoms. The lowest BCUT2D eigenvalue weighted by Crippen LogP contribution is -1.79. The van der Waals surface area contributed by atoms with Crippen LogP contribution >= 0.6 is 0 Å². The summed E-state index contributed by atoms with van der Waals surface area (Å²) in [7, 11) is 0. The van der Waals surface area contributed by atoms with Gasteiger partial charge < -0.3 is 9.97 Å². The van der Waals surface area contributed by atoms with Crippen molar-refractivity contribution in [3.8, 4) is 11.1 Å². The van der Waals surface area contributed by atoms with Crippen molar-refractivity contribution < 1.29 is 0 Å². The summed E-state index contributed by atoms with van der Waals surface area (Å²) in [5.74, 6) is 0. The largest absolute Gasteiger partial charge is 0.355 e. The summed E-state index contributed by atoms with van der Waals surface area (Å²) in [6.07, 6.45) is 8.11. The van der Waals surface area contributed by atoms with E-state index < -0.39 is 0 Å². The van der Waals surface area contributed by atoms with Gasteiger partial charge in [0, 0.05) is 27.6 Å². The van der Waals surface area contributed by atoms with Gasteiger partial charge in [0.05, 0.1) is 22.8 Å². The molecule has 0 unspecified atom stereocenters. The topological polar surface area (TPSA) is 57.4 Å². The Morgan fingerprint density at radius 2 is 1.26 bits per heavy atom. The summed E-state index contributed by atoms with van der Waals surface area (Å²) < 4.78 is 0. The molecule has 8 bridgehead atoms. The summed E-state index contributed by atoms with van der Waals surface area (Å²) in [6, 6.07) is 23.2. The Balaban J connectivity index is 1.68. The third-order valence-electron chi connectivity index (χ3n) is 5.50. The smallest absolute Gasteiger partial charge is 0.0659 e. The molecule has 0 saturated heterocycles. The molecular formula is C27H20N4. The molecule has 3 aromatic heterocycles. The first-order valence-electron chi connectivity index (χ1n) is 10.3. The molecule has 4 nitrogen and oxygen atoms in total. The summed E-state index contributed by atoms with van der Waals surface area (Å²) in [6.45, 7) is 2.12. The van der Waals surface area contributed by atoms with Gasteiger partial charge in [-0.1, -0.05) is 29.8 Å². The Hall–Kier alpha value is -4.18. The molecule has 0 radical (unpaired) electrons. The van der Waals surface area contributed by atoms with E-state index in [1.54, 1.807) is 0 Å². The Bertz CT molecular complexity index is 1550. The average molecular weight is 400 g/mol. The molecule has 0 saturated carbocycles. The first-order chi connectivity index (χ1) is 15.2. The van der Waals surface area contributed by atoms with Crippen molar-refractivity contribution in [3.05, 3.63) is 95.1 Å². The number of aryl methyl sites for hydroxylation is 1. The number of nitrogens with one attached hydrogen (secondary N) is 2.